The molecule has 0 aliphatic rings. The minimum atomic E-state index is 0.750. The Balaban J connectivity index is 3.68. The lowest BCUT2D eigenvalue weighted by Gasteiger charge is -1.80. The summed E-state index contributed by atoms with van der Waals surface area (Å²) in [6.07, 6.45) is 1.72. The first-order valence-corrected chi connectivity index (χ1v) is 2.15. The van der Waals surface area contributed by atoms with Gasteiger partial charge in [0.1, 0.15) is 0 Å². The Hall–Kier alpha value is -0.790. The number of hydrogen-bond donors (Lipinski definition) is 2. The van der Waals surface area contributed by atoms with Crippen LogP contribution in [0.15, 0.2) is 11.8 Å². The van der Waals surface area contributed by atoms with E-state index in [1.165, 1.54) is 0 Å². The molecule has 0 spiro atoms. The van der Waals surface area contributed by atoms with Crippen LogP contribution in [0.4, 0.5) is 0 Å². The molecule has 2 nitrogen and oxygen atoms in total. The first-order chi connectivity index (χ1) is 3.13. The molecule has 0 aliphatic carbocycles. The summed E-state index contributed by atoms with van der Waals surface area (Å²) in [5.41, 5.74) is 6.75. The summed E-state index contributed by atoms with van der Waals surface area (Å²) in [4.78, 5) is 0. The van der Waals surface area contributed by atoms with Gasteiger partial charge in [0.05, 0.1) is 0 Å². The second-order valence-electron chi connectivity index (χ2n) is 1.63. The van der Waals surface area contributed by atoms with E-state index in [-0.39, 0.29) is 0 Å². The Bertz CT molecular complexity index is 98.6. The molecule has 0 aromatic carbocycles. The number of rotatable bonds is 1. The molecule has 2 heteroatoms. The summed E-state index contributed by atoms with van der Waals surface area (Å²) >= 11 is 0. The molecular weight excluding hydrogens is 88.1 g/mol. The van der Waals surface area contributed by atoms with Crippen molar-refractivity contribution in [2.75, 3.05) is 0 Å². The second kappa shape index (κ2) is 2.39. The van der Waals surface area contributed by atoms with Gasteiger partial charge >= 0.3 is 0 Å². The predicted octanol–water partition coefficient (Wildman–Crippen LogP) is -0.931. The van der Waals surface area contributed by atoms with E-state index in [9.17, 15) is 0 Å². The van der Waals surface area contributed by atoms with E-state index in [1.807, 2.05) is 0 Å². The zero-order valence-electron chi connectivity index (χ0n) is 4.73. The topological polar surface area (TPSA) is 51.6 Å². The maximum absolute atomic E-state index is 5.25. The number of hydrogen-bond acceptors (Lipinski definition) is 1. The van der Waals surface area contributed by atoms with Crippen LogP contribution in [-0.2, 0) is 0 Å². The Morgan fingerprint density at radius 2 is 2.00 bits per heavy atom. The summed E-state index contributed by atoms with van der Waals surface area (Å²) in [5.74, 6) is 0. The Morgan fingerprint density at radius 3 is 2.00 bits per heavy atom. The van der Waals surface area contributed by atoms with Crippen molar-refractivity contribution < 1.29 is 5.41 Å². The van der Waals surface area contributed by atoms with Gasteiger partial charge < -0.3 is 5.73 Å². The summed E-state index contributed by atoms with van der Waals surface area (Å²) < 4.78 is 0. The lowest BCUT2D eigenvalue weighted by Crippen LogP contribution is -2.36. The average Bonchev–Trinajstić information content (AvgIpc) is 1.27. The van der Waals surface area contributed by atoms with Gasteiger partial charge in [-0.05, 0) is 6.92 Å². The molecule has 0 aliphatic heterocycles. The maximum Gasteiger partial charge on any atom is 0.171 e. The van der Waals surface area contributed by atoms with Crippen LogP contribution in [-0.4, -0.2) is 5.71 Å². The van der Waals surface area contributed by atoms with Gasteiger partial charge in [-0.1, -0.05) is 0 Å². The van der Waals surface area contributed by atoms with Crippen molar-refractivity contribution >= 4 is 5.71 Å². The van der Waals surface area contributed by atoms with Crippen LogP contribution in [0.1, 0.15) is 13.8 Å². The fourth-order valence-electron chi connectivity index (χ4n) is 0.359. The van der Waals surface area contributed by atoms with Crippen molar-refractivity contribution in [3.8, 4) is 0 Å². The van der Waals surface area contributed by atoms with E-state index < -0.39 is 0 Å². The SMILES string of the molecule is CC(=[NH2+])/C=C(/C)N. The summed E-state index contributed by atoms with van der Waals surface area (Å²) in [6, 6.07) is 0. The van der Waals surface area contributed by atoms with Gasteiger partial charge in [0.25, 0.3) is 0 Å². The van der Waals surface area contributed by atoms with Crippen molar-refractivity contribution in [3.63, 3.8) is 0 Å². The molecule has 40 valence electrons. The molecule has 0 aromatic heterocycles. The summed E-state index contributed by atoms with van der Waals surface area (Å²) in [6.45, 7) is 3.60. The van der Waals surface area contributed by atoms with Gasteiger partial charge in [0, 0.05) is 18.7 Å². The van der Waals surface area contributed by atoms with Gasteiger partial charge in [0.2, 0.25) is 0 Å². The normalized spacial score (nSPS) is 11.4. The third-order valence-corrected chi connectivity index (χ3v) is 0.455. The molecule has 0 fully saturated rings. The molecule has 0 rings (SSSR count). The summed E-state index contributed by atoms with van der Waals surface area (Å²) in [7, 11) is 0. The van der Waals surface area contributed by atoms with E-state index in [2.05, 4.69) is 0 Å². The highest BCUT2D eigenvalue weighted by Crippen LogP contribution is 1.76. The molecule has 7 heavy (non-hydrogen) atoms. The van der Waals surface area contributed by atoms with Gasteiger partial charge in [-0.3, -0.25) is 5.41 Å². The molecule has 0 unspecified atom stereocenters. The first kappa shape index (κ1) is 6.21. The van der Waals surface area contributed by atoms with E-state index in [0.29, 0.717) is 0 Å². The largest absolute Gasteiger partial charge is 0.402 e. The molecule has 0 atom stereocenters. The molecule has 0 aromatic rings. The van der Waals surface area contributed by atoms with Crippen LogP contribution in [0, 0.1) is 0 Å². The van der Waals surface area contributed by atoms with E-state index in [0.717, 1.165) is 11.4 Å². The molecule has 0 heterocycles. The molecule has 0 amide bonds. The lowest BCUT2D eigenvalue weighted by atomic mass is 10.3. The van der Waals surface area contributed by atoms with Crippen LogP contribution in [0.5, 0.6) is 0 Å². The minimum absolute atomic E-state index is 0.750. The van der Waals surface area contributed by atoms with Gasteiger partial charge in [-0.15, -0.1) is 0 Å². The van der Waals surface area contributed by atoms with Crippen molar-refractivity contribution in [2.24, 2.45) is 5.73 Å². The van der Waals surface area contributed by atoms with E-state index in [4.69, 9.17) is 11.1 Å². The van der Waals surface area contributed by atoms with Gasteiger partial charge in [-0.2, -0.15) is 0 Å². The van der Waals surface area contributed by atoms with Crippen molar-refractivity contribution in [1.29, 1.82) is 0 Å². The zero-order valence-corrected chi connectivity index (χ0v) is 4.73. The minimum Gasteiger partial charge on any atom is -0.402 e. The van der Waals surface area contributed by atoms with Gasteiger partial charge in [-0.25, -0.2) is 0 Å². The summed E-state index contributed by atoms with van der Waals surface area (Å²) in [5, 5.41) is 5.25. The molecule has 0 saturated carbocycles. The monoisotopic (exact) mass is 99.1 g/mol. The van der Waals surface area contributed by atoms with Crippen LogP contribution in [0.2, 0.25) is 0 Å². The van der Waals surface area contributed by atoms with Gasteiger partial charge in [0.15, 0.2) is 5.71 Å². The highest BCUT2D eigenvalue weighted by atomic mass is 14.5. The van der Waals surface area contributed by atoms with Crippen molar-refractivity contribution in [2.45, 2.75) is 13.8 Å². The molecule has 0 radical (unpaired) electrons. The predicted molar refractivity (Wildman–Crippen MR) is 30.6 cm³/mol. The fourth-order valence-corrected chi connectivity index (χ4v) is 0.359. The average molecular weight is 99.2 g/mol. The molecule has 4 N–H and O–H groups in total. The van der Waals surface area contributed by atoms with Crippen molar-refractivity contribution in [1.82, 2.24) is 0 Å². The van der Waals surface area contributed by atoms with E-state index in [1.54, 1.807) is 19.9 Å². The fraction of sp³-hybridized carbons (Fsp3) is 0.400. The highest BCUT2D eigenvalue weighted by Gasteiger charge is 1.82. The van der Waals surface area contributed by atoms with Crippen molar-refractivity contribution in [3.05, 3.63) is 11.8 Å². The number of allylic oxidation sites excluding steroid dienone is 2. The third kappa shape index (κ3) is 5.21. The van der Waals surface area contributed by atoms with Crippen LogP contribution < -0.4 is 11.1 Å². The Morgan fingerprint density at radius 1 is 1.57 bits per heavy atom. The smallest absolute Gasteiger partial charge is 0.171 e. The maximum atomic E-state index is 5.25. The number of nitrogens with two attached hydrogens (primary N) is 2. The lowest BCUT2D eigenvalue weighted by molar-refractivity contribution is -0.112. The molecule has 0 bridgehead atoms. The second-order valence-corrected chi connectivity index (χ2v) is 1.63. The van der Waals surface area contributed by atoms with E-state index >= 15 is 0 Å². The third-order valence-electron chi connectivity index (χ3n) is 0.455. The quantitative estimate of drug-likeness (QED) is 0.410. The Labute approximate surface area is 43.5 Å². The standard InChI is InChI=1S/C5H10N2/c1-4(6)3-5(2)7/h3,6H,7H2,1-2H3/p+1/b5-3-,6-4?. The highest BCUT2D eigenvalue weighted by molar-refractivity contribution is 5.87. The zero-order chi connectivity index (χ0) is 5.86. The van der Waals surface area contributed by atoms with Crippen LogP contribution in [0.3, 0.4) is 0 Å². The molecule has 0 saturated heterocycles. The van der Waals surface area contributed by atoms with Crippen LogP contribution >= 0.6 is 0 Å². The van der Waals surface area contributed by atoms with Crippen LogP contribution in [0.25, 0.3) is 0 Å². The molecular formula is C5H11N2+. The first-order valence-electron chi connectivity index (χ1n) is 2.15. The Kier molecular flexibility index (Phi) is 2.12.